The zero-order valence-corrected chi connectivity index (χ0v) is 16.4. The molecule has 0 spiro atoms. The van der Waals surface area contributed by atoms with Crippen molar-refractivity contribution in [1.29, 1.82) is 0 Å². The predicted octanol–water partition coefficient (Wildman–Crippen LogP) is 4.39. The number of carbonyl (C=O) groups excluding carboxylic acids is 1. The van der Waals surface area contributed by atoms with E-state index >= 15 is 0 Å². The van der Waals surface area contributed by atoms with Crippen LogP contribution in [0.25, 0.3) is 0 Å². The molecule has 6 heteroatoms. The summed E-state index contributed by atoms with van der Waals surface area (Å²) < 4.78 is 0. The second-order valence-electron chi connectivity index (χ2n) is 6.36. The van der Waals surface area contributed by atoms with Crippen molar-refractivity contribution < 1.29 is 4.79 Å². The smallest absolute Gasteiger partial charge is 0.255 e. The molecule has 134 valence electrons. The lowest BCUT2D eigenvalue weighted by Gasteiger charge is -2.31. The van der Waals surface area contributed by atoms with E-state index in [0.29, 0.717) is 21.4 Å². The third kappa shape index (κ3) is 3.74. The van der Waals surface area contributed by atoms with Gasteiger partial charge >= 0.3 is 0 Å². The molecule has 26 heavy (non-hydrogen) atoms. The maximum Gasteiger partial charge on any atom is 0.255 e. The van der Waals surface area contributed by atoms with E-state index in [1.165, 1.54) is 0 Å². The lowest BCUT2D eigenvalue weighted by molar-refractivity contribution is -0.113. The molecule has 0 aliphatic carbocycles. The summed E-state index contributed by atoms with van der Waals surface area (Å²) in [6.45, 7) is 5.80. The van der Waals surface area contributed by atoms with Crippen molar-refractivity contribution in [1.82, 2.24) is 10.6 Å². The Morgan fingerprint density at radius 2 is 1.88 bits per heavy atom. The van der Waals surface area contributed by atoms with Gasteiger partial charge < -0.3 is 16.0 Å². The third-order valence-electron chi connectivity index (χ3n) is 4.37. The molecule has 0 saturated heterocycles. The van der Waals surface area contributed by atoms with Crippen molar-refractivity contribution in [2.75, 3.05) is 5.32 Å². The molecule has 0 saturated carbocycles. The topological polar surface area (TPSA) is 53.2 Å². The molecule has 4 nitrogen and oxygen atoms in total. The largest absolute Gasteiger partial charge is 0.351 e. The van der Waals surface area contributed by atoms with Crippen LogP contribution in [0.3, 0.4) is 0 Å². The van der Waals surface area contributed by atoms with E-state index in [4.69, 9.17) is 23.8 Å². The van der Waals surface area contributed by atoms with Crippen molar-refractivity contribution in [3.8, 4) is 0 Å². The van der Waals surface area contributed by atoms with Gasteiger partial charge in [-0.25, -0.2) is 0 Å². The fraction of sp³-hybridized carbons (Fsp3) is 0.200. The first-order chi connectivity index (χ1) is 12.4. The molecule has 1 amide bonds. The number of aryl methyl sites for hydroxylation is 2. The highest BCUT2D eigenvalue weighted by Gasteiger charge is 2.31. The number of hydrogen-bond donors (Lipinski definition) is 3. The molecular formula is C20H20ClN3OS. The van der Waals surface area contributed by atoms with Crippen LogP contribution in [0, 0.1) is 13.8 Å². The number of halogens is 1. The highest BCUT2D eigenvalue weighted by Crippen LogP contribution is 2.32. The Kier molecular flexibility index (Phi) is 5.30. The van der Waals surface area contributed by atoms with E-state index < -0.39 is 6.04 Å². The summed E-state index contributed by atoms with van der Waals surface area (Å²) in [5.41, 5.74) is 4.96. The number of anilines is 1. The third-order valence-corrected chi connectivity index (χ3v) is 4.94. The van der Waals surface area contributed by atoms with Crippen LogP contribution in [0.15, 0.2) is 53.7 Å². The SMILES string of the molecule is CC1=C(C(=O)Nc2cc(C)ccc2C)C(c2ccccc2Cl)NC(=S)N1. The van der Waals surface area contributed by atoms with E-state index in [9.17, 15) is 4.79 Å². The van der Waals surface area contributed by atoms with Gasteiger partial charge in [0.25, 0.3) is 5.91 Å². The molecular weight excluding hydrogens is 366 g/mol. The van der Waals surface area contributed by atoms with Gasteiger partial charge in [-0.3, -0.25) is 4.79 Å². The molecule has 2 aromatic rings. The lowest BCUT2D eigenvalue weighted by atomic mass is 9.94. The van der Waals surface area contributed by atoms with Crippen molar-refractivity contribution in [3.63, 3.8) is 0 Å². The van der Waals surface area contributed by atoms with Crippen molar-refractivity contribution in [3.05, 3.63) is 75.4 Å². The van der Waals surface area contributed by atoms with Gasteiger partial charge in [0.2, 0.25) is 0 Å². The molecule has 3 rings (SSSR count). The molecule has 1 aliphatic heterocycles. The Labute approximate surface area is 163 Å². The molecule has 0 aromatic heterocycles. The Morgan fingerprint density at radius 3 is 2.62 bits per heavy atom. The van der Waals surface area contributed by atoms with Crippen LogP contribution >= 0.6 is 23.8 Å². The summed E-state index contributed by atoms with van der Waals surface area (Å²) in [7, 11) is 0. The molecule has 1 unspecified atom stereocenters. The van der Waals surface area contributed by atoms with Gasteiger partial charge in [0.15, 0.2) is 5.11 Å². The summed E-state index contributed by atoms with van der Waals surface area (Å²) in [6, 6.07) is 13.0. The highest BCUT2D eigenvalue weighted by atomic mass is 35.5. The first-order valence-corrected chi connectivity index (χ1v) is 9.06. The second kappa shape index (κ2) is 7.48. The van der Waals surface area contributed by atoms with Crippen LogP contribution in [-0.2, 0) is 4.79 Å². The fourth-order valence-electron chi connectivity index (χ4n) is 3.00. The summed E-state index contributed by atoms with van der Waals surface area (Å²) in [5.74, 6) is -0.191. The van der Waals surface area contributed by atoms with E-state index in [-0.39, 0.29) is 5.91 Å². The average molecular weight is 386 g/mol. The summed E-state index contributed by atoms with van der Waals surface area (Å²) in [6.07, 6.45) is 0. The van der Waals surface area contributed by atoms with Crippen molar-refractivity contribution in [2.45, 2.75) is 26.8 Å². The lowest BCUT2D eigenvalue weighted by Crippen LogP contribution is -2.45. The van der Waals surface area contributed by atoms with Crippen LogP contribution in [0.4, 0.5) is 5.69 Å². The monoisotopic (exact) mass is 385 g/mol. The maximum atomic E-state index is 13.1. The van der Waals surface area contributed by atoms with Crippen LogP contribution in [0.5, 0.6) is 0 Å². The van der Waals surface area contributed by atoms with E-state index in [1.54, 1.807) is 6.07 Å². The summed E-state index contributed by atoms with van der Waals surface area (Å²) >= 11 is 11.7. The minimum Gasteiger partial charge on any atom is -0.351 e. The average Bonchev–Trinajstić information content (AvgIpc) is 2.57. The van der Waals surface area contributed by atoms with Gasteiger partial charge in [-0.2, -0.15) is 0 Å². The van der Waals surface area contributed by atoms with Gasteiger partial charge in [-0.1, -0.05) is 41.9 Å². The van der Waals surface area contributed by atoms with Gasteiger partial charge in [-0.05, 0) is 61.8 Å². The Bertz CT molecular complexity index is 923. The molecule has 0 fully saturated rings. The molecule has 1 atom stereocenters. The zero-order valence-electron chi connectivity index (χ0n) is 14.8. The first-order valence-electron chi connectivity index (χ1n) is 8.28. The molecule has 1 heterocycles. The number of thiocarbonyl (C=S) groups is 1. The molecule has 0 bridgehead atoms. The van der Waals surface area contributed by atoms with Crippen LogP contribution in [0.1, 0.15) is 29.7 Å². The number of allylic oxidation sites excluding steroid dienone is 1. The molecule has 1 aliphatic rings. The van der Waals surface area contributed by atoms with Gasteiger partial charge in [0.05, 0.1) is 11.6 Å². The summed E-state index contributed by atoms with van der Waals surface area (Å²) in [4.78, 5) is 13.1. The second-order valence-corrected chi connectivity index (χ2v) is 7.18. The zero-order chi connectivity index (χ0) is 18.8. The standard InChI is InChI=1S/C20H20ClN3OS/c1-11-8-9-12(2)16(10-11)23-19(25)17-13(3)22-20(26)24-18(17)14-6-4-5-7-15(14)21/h4-10,18H,1-3H3,(H,23,25)(H2,22,24,26). The predicted molar refractivity (Wildman–Crippen MR) is 110 cm³/mol. The highest BCUT2D eigenvalue weighted by molar-refractivity contribution is 7.80. The minimum atomic E-state index is -0.414. The van der Waals surface area contributed by atoms with Crippen molar-refractivity contribution in [2.24, 2.45) is 0 Å². The Balaban J connectivity index is 2.00. The van der Waals surface area contributed by atoms with Gasteiger partial charge in [0, 0.05) is 16.4 Å². The Hall–Kier alpha value is -2.37. The quantitative estimate of drug-likeness (QED) is 0.686. The van der Waals surface area contributed by atoms with E-state index in [0.717, 1.165) is 22.4 Å². The fourth-order valence-corrected chi connectivity index (χ4v) is 3.51. The van der Waals surface area contributed by atoms with Crippen LogP contribution in [-0.4, -0.2) is 11.0 Å². The number of rotatable bonds is 3. The number of carbonyl (C=O) groups is 1. The number of amides is 1. The van der Waals surface area contributed by atoms with Crippen LogP contribution < -0.4 is 16.0 Å². The van der Waals surface area contributed by atoms with Crippen LogP contribution in [0.2, 0.25) is 5.02 Å². The number of benzene rings is 2. The molecule has 0 radical (unpaired) electrons. The van der Waals surface area contributed by atoms with E-state index in [1.807, 2.05) is 57.2 Å². The maximum absolute atomic E-state index is 13.1. The molecule has 3 N–H and O–H groups in total. The number of nitrogens with one attached hydrogen (secondary N) is 3. The van der Waals surface area contributed by atoms with Crippen molar-refractivity contribution >= 4 is 40.5 Å². The number of hydrogen-bond acceptors (Lipinski definition) is 2. The van der Waals surface area contributed by atoms with Gasteiger partial charge in [-0.15, -0.1) is 0 Å². The Morgan fingerprint density at radius 1 is 1.15 bits per heavy atom. The first kappa shape index (κ1) is 18.4. The molecule has 2 aromatic carbocycles. The normalized spacial score (nSPS) is 16.8. The van der Waals surface area contributed by atoms with E-state index in [2.05, 4.69) is 16.0 Å². The minimum absolute atomic E-state index is 0.191. The summed E-state index contributed by atoms with van der Waals surface area (Å²) in [5, 5.41) is 10.3. The van der Waals surface area contributed by atoms with Gasteiger partial charge in [0.1, 0.15) is 0 Å².